The fourth-order valence-corrected chi connectivity index (χ4v) is 2.38. The Balaban J connectivity index is 1.97. The van der Waals surface area contributed by atoms with E-state index in [1.54, 1.807) is 23.4 Å². The van der Waals surface area contributed by atoms with E-state index in [-0.39, 0.29) is 12.5 Å². The summed E-state index contributed by atoms with van der Waals surface area (Å²) in [5, 5.41) is 9.14. The van der Waals surface area contributed by atoms with Crippen LogP contribution in [0.25, 0.3) is 0 Å². The zero-order chi connectivity index (χ0) is 13.2. The van der Waals surface area contributed by atoms with E-state index in [1.165, 1.54) is 0 Å². The average molecular weight is 254 g/mol. The zero-order valence-corrected chi connectivity index (χ0v) is 10.4. The summed E-state index contributed by atoms with van der Waals surface area (Å²) < 4.78 is 0. The highest BCUT2D eigenvalue weighted by atomic mass is 16.3. The lowest BCUT2D eigenvalue weighted by atomic mass is 9.99. The van der Waals surface area contributed by atoms with E-state index >= 15 is 0 Å². The second-order valence-corrected chi connectivity index (χ2v) is 4.57. The molecule has 1 N–H and O–H groups in total. The fraction of sp³-hybridized carbons (Fsp3) is 0.200. The normalized spacial score (nSPS) is 14.4. The van der Waals surface area contributed by atoms with Crippen LogP contribution in [0.15, 0.2) is 42.7 Å². The minimum absolute atomic E-state index is 0.00117. The summed E-state index contributed by atoms with van der Waals surface area (Å²) >= 11 is 0. The van der Waals surface area contributed by atoms with E-state index in [0.717, 1.165) is 23.2 Å². The van der Waals surface area contributed by atoms with Crippen molar-refractivity contribution in [3.05, 3.63) is 59.4 Å². The Hall–Kier alpha value is -2.20. The molecule has 3 rings (SSSR count). The number of anilines is 1. The first-order valence-electron chi connectivity index (χ1n) is 6.24. The Labute approximate surface area is 111 Å². The molecule has 1 aliphatic heterocycles. The molecule has 2 heterocycles. The minimum Gasteiger partial charge on any atom is -0.392 e. The molecule has 0 radical (unpaired) electrons. The molecular weight excluding hydrogens is 240 g/mol. The standard InChI is InChI=1S/C15H14N2O2/c18-10-11-7-13(9-16-8-11)17-6-5-12-3-1-2-4-14(12)15(17)19/h1-4,7-9,18H,5-6,10H2. The zero-order valence-electron chi connectivity index (χ0n) is 10.4. The van der Waals surface area contributed by atoms with E-state index < -0.39 is 0 Å². The number of fused-ring (bicyclic) bond motifs is 1. The summed E-state index contributed by atoms with van der Waals surface area (Å²) in [6, 6.07) is 9.48. The van der Waals surface area contributed by atoms with Crippen molar-refractivity contribution in [1.82, 2.24) is 4.98 Å². The van der Waals surface area contributed by atoms with Gasteiger partial charge in [0.15, 0.2) is 0 Å². The molecule has 1 aliphatic rings. The quantitative estimate of drug-likeness (QED) is 0.888. The predicted molar refractivity (Wildman–Crippen MR) is 72.0 cm³/mol. The number of carbonyl (C=O) groups is 1. The van der Waals surface area contributed by atoms with E-state index in [9.17, 15) is 4.79 Å². The predicted octanol–water partition coefficient (Wildman–Crippen LogP) is 1.78. The second-order valence-electron chi connectivity index (χ2n) is 4.57. The number of benzene rings is 1. The van der Waals surface area contributed by atoms with Crippen molar-refractivity contribution in [2.24, 2.45) is 0 Å². The largest absolute Gasteiger partial charge is 0.392 e. The molecule has 4 nitrogen and oxygen atoms in total. The lowest BCUT2D eigenvalue weighted by Gasteiger charge is -2.28. The second kappa shape index (κ2) is 4.82. The number of aliphatic hydroxyl groups excluding tert-OH is 1. The lowest BCUT2D eigenvalue weighted by molar-refractivity contribution is 0.0980. The van der Waals surface area contributed by atoms with Crippen LogP contribution >= 0.6 is 0 Å². The van der Waals surface area contributed by atoms with Crippen molar-refractivity contribution in [2.75, 3.05) is 11.4 Å². The third kappa shape index (κ3) is 2.11. The van der Waals surface area contributed by atoms with Crippen molar-refractivity contribution < 1.29 is 9.90 Å². The minimum atomic E-state index is -0.0700. The maximum absolute atomic E-state index is 12.5. The van der Waals surface area contributed by atoms with Crippen LogP contribution in [0.3, 0.4) is 0 Å². The van der Waals surface area contributed by atoms with Gasteiger partial charge in [-0.3, -0.25) is 9.78 Å². The molecule has 1 aromatic heterocycles. The van der Waals surface area contributed by atoms with Crippen LogP contribution in [-0.4, -0.2) is 22.5 Å². The Bertz CT molecular complexity index is 625. The van der Waals surface area contributed by atoms with Crippen molar-refractivity contribution >= 4 is 11.6 Å². The highest BCUT2D eigenvalue weighted by molar-refractivity contribution is 6.08. The monoisotopic (exact) mass is 254 g/mol. The van der Waals surface area contributed by atoms with Gasteiger partial charge < -0.3 is 10.0 Å². The van der Waals surface area contributed by atoms with Crippen molar-refractivity contribution in [3.63, 3.8) is 0 Å². The number of pyridine rings is 1. The van der Waals surface area contributed by atoms with Crippen LogP contribution in [0.4, 0.5) is 5.69 Å². The highest BCUT2D eigenvalue weighted by Crippen LogP contribution is 2.24. The SMILES string of the molecule is O=C1c2ccccc2CCN1c1cncc(CO)c1. The van der Waals surface area contributed by atoms with Crippen LogP contribution in [-0.2, 0) is 13.0 Å². The third-order valence-electron chi connectivity index (χ3n) is 3.37. The number of carbonyl (C=O) groups excluding carboxylic acids is 1. The van der Waals surface area contributed by atoms with Gasteiger partial charge in [0.2, 0.25) is 0 Å². The molecule has 0 bridgehead atoms. The first-order valence-corrected chi connectivity index (χ1v) is 6.24. The van der Waals surface area contributed by atoms with Crippen molar-refractivity contribution in [3.8, 4) is 0 Å². The first-order chi connectivity index (χ1) is 9.29. The molecule has 96 valence electrons. The Morgan fingerprint density at radius 2 is 2.11 bits per heavy atom. The van der Waals surface area contributed by atoms with Gasteiger partial charge in [-0.2, -0.15) is 0 Å². The Morgan fingerprint density at radius 3 is 2.95 bits per heavy atom. The smallest absolute Gasteiger partial charge is 0.258 e. The third-order valence-corrected chi connectivity index (χ3v) is 3.37. The molecule has 1 aromatic carbocycles. The Kier molecular flexibility index (Phi) is 3.01. The molecule has 0 fully saturated rings. The maximum Gasteiger partial charge on any atom is 0.258 e. The summed E-state index contributed by atoms with van der Waals surface area (Å²) in [6.45, 7) is 0.575. The maximum atomic E-state index is 12.5. The van der Waals surface area contributed by atoms with Gasteiger partial charge >= 0.3 is 0 Å². The summed E-state index contributed by atoms with van der Waals surface area (Å²) in [4.78, 5) is 18.2. The summed E-state index contributed by atoms with van der Waals surface area (Å²) in [5.41, 5.74) is 3.30. The highest BCUT2D eigenvalue weighted by Gasteiger charge is 2.25. The Morgan fingerprint density at radius 1 is 1.26 bits per heavy atom. The van der Waals surface area contributed by atoms with Crippen molar-refractivity contribution in [2.45, 2.75) is 13.0 Å². The topological polar surface area (TPSA) is 53.4 Å². The number of rotatable bonds is 2. The average Bonchev–Trinajstić information content (AvgIpc) is 2.48. The number of nitrogens with zero attached hydrogens (tertiary/aromatic N) is 2. The van der Waals surface area contributed by atoms with Gasteiger partial charge in [-0.1, -0.05) is 18.2 Å². The molecule has 0 aliphatic carbocycles. The molecule has 0 saturated carbocycles. The molecule has 1 amide bonds. The summed E-state index contributed by atoms with van der Waals surface area (Å²) in [6.07, 6.45) is 4.10. The van der Waals surface area contributed by atoms with Gasteiger partial charge in [0.1, 0.15) is 0 Å². The summed E-state index contributed by atoms with van der Waals surface area (Å²) in [7, 11) is 0. The van der Waals surface area contributed by atoms with Crippen LogP contribution in [0, 0.1) is 0 Å². The van der Waals surface area contributed by atoms with Gasteiger partial charge in [-0.05, 0) is 29.7 Å². The van der Waals surface area contributed by atoms with Crippen LogP contribution in [0.2, 0.25) is 0 Å². The molecule has 4 heteroatoms. The molecule has 0 atom stereocenters. The van der Waals surface area contributed by atoms with Gasteiger partial charge in [0, 0.05) is 18.3 Å². The van der Waals surface area contributed by atoms with E-state index in [2.05, 4.69) is 4.98 Å². The van der Waals surface area contributed by atoms with Gasteiger partial charge in [-0.25, -0.2) is 0 Å². The summed E-state index contributed by atoms with van der Waals surface area (Å²) in [5.74, 6) is -0.00117. The molecule has 19 heavy (non-hydrogen) atoms. The van der Waals surface area contributed by atoms with Crippen LogP contribution < -0.4 is 4.90 Å². The number of amides is 1. The van der Waals surface area contributed by atoms with E-state index in [4.69, 9.17) is 5.11 Å². The molecular formula is C15H14N2O2. The molecule has 0 spiro atoms. The lowest BCUT2D eigenvalue weighted by Crippen LogP contribution is -2.37. The van der Waals surface area contributed by atoms with Gasteiger partial charge in [0.25, 0.3) is 5.91 Å². The van der Waals surface area contributed by atoms with Crippen LogP contribution in [0.5, 0.6) is 0 Å². The van der Waals surface area contributed by atoms with Gasteiger partial charge in [-0.15, -0.1) is 0 Å². The molecule has 0 saturated heterocycles. The van der Waals surface area contributed by atoms with E-state index in [0.29, 0.717) is 12.1 Å². The molecule has 2 aromatic rings. The molecule has 0 unspecified atom stereocenters. The number of aliphatic hydroxyl groups is 1. The number of aromatic nitrogens is 1. The van der Waals surface area contributed by atoms with Crippen LogP contribution in [0.1, 0.15) is 21.5 Å². The van der Waals surface area contributed by atoms with Crippen molar-refractivity contribution in [1.29, 1.82) is 0 Å². The fourth-order valence-electron chi connectivity index (χ4n) is 2.38. The number of hydrogen-bond acceptors (Lipinski definition) is 3. The number of hydrogen-bond donors (Lipinski definition) is 1. The van der Waals surface area contributed by atoms with Gasteiger partial charge in [0.05, 0.1) is 18.5 Å². The first kappa shape index (κ1) is 11.9. The van der Waals surface area contributed by atoms with E-state index in [1.807, 2.05) is 24.3 Å².